The summed E-state index contributed by atoms with van der Waals surface area (Å²) in [5, 5.41) is 3.41. The van der Waals surface area contributed by atoms with Crippen molar-refractivity contribution in [2.45, 2.75) is 12.8 Å². The molecule has 0 fully saturated rings. The van der Waals surface area contributed by atoms with Crippen LogP contribution < -0.4 is 10.1 Å². The van der Waals surface area contributed by atoms with E-state index in [0.717, 1.165) is 37.6 Å². The Labute approximate surface area is 109 Å². The number of hydrogen-bond donors (Lipinski definition) is 1. The van der Waals surface area contributed by atoms with E-state index < -0.39 is 0 Å². The van der Waals surface area contributed by atoms with E-state index in [2.05, 4.69) is 24.0 Å². The summed E-state index contributed by atoms with van der Waals surface area (Å²) in [6.07, 6.45) is 0. The molecule has 0 bridgehead atoms. The van der Waals surface area contributed by atoms with Crippen LogP contribution in [0, 0.1) is 0 Å². The van der Waals surface area contributed by atoms with Gasteiger partial charge in [0.15, 0.2) is 0 Å². The molecule has 0 saturated carbocycles. The van der Waals surface area contributed by atoms with Gasteiger partial charge in [-0.05, 0) is 13.0 Å². The summed E-state index contributed by atoms with van der Waals surface area (Å²) in [6, 6.07) is 8.26. The lowest BCUT2D eigenvalue weighted by molar-refractivity contribution is 0.157. The topological polar surface area (TPSA) is 30.5 Å². The third-order valence-electron chi connectivity index (χ3n) is 2.96. The van der Waals surface area contributed by atoms with E-state index in [0.29, 0.717) is 12.5 Å². The van der Waals surface area contributed by atoms with Gasteiger partial charge < -0.3 is 14.8 Å². The molecule has 0 amide bonds. The SMILES string of the molecule is C=C(C)COCCNCC1COc2ccccc21. The third kappa shape index (κ3) is 3.59. The fraction of sp³-hybridized carbons (Fsp3) is 0.467. The first-order valence-electron chi connectivity index (χ1n) is 6.42. The van der Waals surface area contributed by atoms with Crippen LogP contribution in [0.4, 0.5) is 0 Å². The lowest BCUT2D eigenvalue weighted by Crippen LogP contribution is -2.26. The second kappa shape index (κ2) is 6.57. The predicted octanol–water partition coefficient (Wildman–Crippen LogP) is 2.34. The summed E-state index contributed by atoms with van der Waals surface area (Å²) in [5.74, 6) is 1.49. The summed E-state index contributed by atoms with van der Waals surface area (Å²) >= 11 is 0. The average molecular weight is 247 g/mol. The van der Waals surface area contributed by atoms with Crippen LogP contribution in [0.5, 0.6) is 5.75 Å². The molecule has 0 spiro atoms. The molecule has 3 nitrogen and oxygen atoms in total. The Balaban J connectivity index is 1.65. The first kappa shape index (κ1) is 13.1. The molecule has 1 aromatic rings. The van der Waals surface area contributed by atoms with E-state index in [1.807, 2.05) is 19.1 Å². The molecule has 0 aromatic heterocycles. The molecule has 1 aromatic carbocycles. The third-order valence-corrected chi connectivity index (χ3v) is 2.96. The van der Waals surface area contributed by atoms with Gasteiger partial charge in [-0.2, -0.15) is 0 Å². The first-order valence-corrected chi connectivity index (χ1v) is 6.42. The second-order valence-corrected chi connectivity index (χ2v) is 4.76. The van der Waals surface area contributed by atoms with Crippen molar-refractivity contribution >= 4 is 0 Å². The number of rotatable bonds is 7. The van der Waals surface area contributed by atoms with Crippen molar-refractivity contribution in [3.63, 3.8) is 0 Å². The molecule has 0 saturated heterocycles. The van der Waals surface area contributed by atoms with Crippen molar-refractivity contribution in [3.8, 4) is 5.75 Å². The molecule has 1 aliphatic rings. The van der Waals surface area contributed by atoms with Gasteiger partial charge in [-0.1, -0.05) is 30.4 Å². The van der Waals surface area contributed by atoms with E-state index in [9.17, 15) is 0 Å². The van der Waals surface area contributed by atoms with Gasteiger partial charge in [-0.3, -0.25) is 0 Å². The standard InChI is InChI=1S/C15H21NO2/c1-12(2)10-17-8-7-16-9-13-11-18-15-6-4-3-5-14(13)15/h3-6,13,16H,1,7-11H2,2H3. The lowest BCUT2D eigenvalue weighted by atomic mass is 10.0. The lowest BCUT2D eigenvalue weighted by Gasteiger charge is -2.10. The van der Waals surface area contributed by atoms with Crippen molar-refractivity contribution in [2.75, 3.05) is 32.9 Å². The fourth-order valence-electron chi connectivity index (χ4n) is 2.07. The highest BCUT2D eigenvalue weighted by Gasteiger charge is 2.22. The molecule has 1 unspecified atom stereocenters. The molecule has 1 N–H and O–H groups in total. The number of fused-ring (bicyclic) bond motifs is 1. The van der Waals surface area contributed by atoms with Gasteiger partial charge in [0.1, 0.15) is 5.75 Å². The zero-order valence-corrected chi connectivity index (χ0v) is 10.9. The van der Waals surface area contributed by atoms with Crippen LogP contribution in [-0.4, -0.2) is 32.9 Å². The van der Waals surface area contributed by atoms with E-state index in [-0.39, 0.29) is 0 Å². The molecule has 2 rings (SSSR count). The average Bonchev–Trinajstić information content (AvgIpc) is 2.77. The summed E-state index contributed by atoms with van der Waals surface area (Å²) < 4.78 is 11.1. The molecule has 98 valence electrons. The van der Waals surface area contributed by atoms with Gasteiger partial charge in [0, 0.05) is 24.6 Å². The molecule has 0 aliphatic carbocycles. The van der Waals surface area contributed by atoms with Crippen molar-refractivity contribution < 1.29 is 9.47 Å². The number of hydrogen-bond acceptors (Lipinski definition) is 3. The molecule has 3 heteroatoms. The highest BCUT2D eigenvalue weighted by Crippen LogP contribution is 2.32. The van der Waals surface area contributed by atoms with Gasteiger partial charge >= 0.3 is 0 Å². The number of ether oxygens (including phenoxy) is 2. The summed E-state index contributed by atoms with van der Waals surface area (Å²) in [6.45, 7) is 9.73. The Morgan fingerprint density at radius 1 is 1.50 bits per heavy atom. The normalized spacial score (nSPS) is 17.3. The van der Waals surface area contributed by atoms with Gasteiger partial charge in [-0.25, -0.2) is 0 Å². The maximum Gasteiger partial charge on any atom is 0.122 e. The van der Waals surface area contributed by atoms with Gasteiger partial charge in [-0.15, -0.1) is 0 Å². The minimum absolute atomic E-state index is 0.461. The Morgan fingerprint density at radius 2 is 2.33 bits per heavy atom. The predicted molar refractivity (Wildman–Crippen MR) is 73.2 cm³/mol. The highest BCUT2D eigenvalue weighted by atomic mass is 16.5. The maximum atomic E-state index is 5.64. The second-order valence-electron chi connectivity index (χ2n) is 4.76. The maximum absolute atomic E-state index is 5.64. The van der Waals surface area contributed by atoms with Crippen molar-refractivity contribution in [3.05, 3.63) is 42.0 Å². The van der Waals surface area contributed by atoms with Crippen LogP contribution in [0.15, 0.2) is 36.4 Å². The monoisotopic (exact) mass is 247 g/mol. The molecule has 1 atom stereocenters. The van der Waals surface area contributed by atoms with Crippen molar-refractivity contribution in [2.24, 2.45) is 0 Å². The largest absolute Gasteiger partial charge is 0.493 e. The minimum Gasteiger partial charge on any atom is -0.493 e. The molecular weight excluding hydrogens is 226 g/mol. The van der Waals surface area contributed by atoms with Crippen LogP contribution >= 0.6 is 0 Å². The van der Waals surface area contributed by atoms with E-state index in [1.165, 1.54) is 5.56 Å². The number of nitrogens with one attached hydrogen (secondary N) is 1. The van der Waals surface area contributed by atoms with Gasteiger partial charge in [0.05, 0.1) is 19.8 Å². The Kier molecular flexibility index (Phi) is 4.79. The fourth-order valence-corrected chi connectivity index (χ4v) is 2.07. The zero-order chi connectivity index (χ0) is 12.8. The quantitative estimate of drug-likeness (QED) is 0.592. The Morgan fingerprint density at radius 3 is 3.17 bits per heavy atom. The highest BCUT2D eigenvalue weighted by molar-refractivity contribution is 5.39. The summed E-state index contributed by atoms with van der Waals surface area (Å²) in [7, 11) is 0. The van der Waals surface area contributed by atoms with E-state index >= 15 is 0 Å². The summed E-state index contributed by atoms with van der Waals surface area (Å²) in [4.78, 5) is 0. The van der Waals surface area contributed by atoms with Crippen molar-refractivity contribution in [1.82, 2.24) is 5.32 Å². The summed E-state index contributed by atoms with van der Waals surface area (Å²) in [5.41, 5.74) is 2.38. The minimum atomic E-state index is 0.461. The smallest absolute Gasteiger partial charge is 0.122 e. The van der Waals surface area contributed by atoms with Crippen LogP contribution in [0.2, 0.25) is 0 Å². The molecular formula is C15H21NO2. The van der Waals surface area contributed by atoms with E-state index in [4.69, 9.17) is 9.47 Å². The molecule has 1 aliphatic heterocycles. The molecule has 1 heterocycles. The number of benzene rings is 1. The zero-order valence-electron chi connectivity index (χ0n) is 10.9. The first-order chi connectivity index (χ1) is 8.77. The van der Waals surface area contributed by atoms with Crippen LogP contribution in [0.1, 0.15) is 18.4 Å². The Hall–Kier alpha value is -1.32. The van der Waals surface area contributed by atoms with Gasteiger partial charge in [0.25, 0.3) is 0 Å². The van der Waals surface area contributed by atoms with E-state index in [1.54, 1.807) is 0 Å². The van der Waals surface area contributed by atoms with Crippen molar-refractivity contribution in [1.29, 1.82) is 0 Å². The van der Waals surface area contributed by atoms with Gasteiger partial charge in [0.2, 0.25) is 0 Å². The molecule has 18 heavy (non-hydrogen) atoms. The Bertz CT molecular complexity index is 403. The van der Waals surface area contributed by atoms with Crippen LogP contribution in [0.25, 0.3) is 0 Å². The molecule has 0 radical (unpaired) electrons. The van der Waals surface area contributed by atoms with Crippen LogP contribution in [0.3, 0.4) is 0 Å². The van der Waals surface area contributed by atoms with Crippen LogP contribution in [-0.2, 0) is 4.74 Å². The number of para-hydroxylation sites is 1.